The van der Waals surface area contributed by atoms with Crippen molar-refractivity contribution in [3.63, 3.8) is 0 Å². The molecule has 1 N–H and O–H groups in total. The number of benzene rings is 1. The average Bonchev–Trinajstić information content (AvgIpc) is 2.26. The SMILES string of the molecule is COc1cc(C(=O)O)cc(OC)c1N(C)C. The van der Waals surface area contributed by atoms with Crippen LogP contribution in [0, 0.1) is 0 Å². The smallest absolute Gasteiger partial charge is 0.335 e. The van der Waals surface area contributed by atoms with Crippen LogP contribution in [0.15, 0.2) is 12.1 Å². The minimum absolute atomic E-state index is 0.138. The first-order valence-electron chi connectivity index (χ1n) is 4.68. The number of hydrogen-bond acceptors (Lipinski definition) is 4. The largest absolute Gasteiger partial charge is 0.494 e. The molecule has 0 aliphatic rings. The molecule has 0 aromatic heterocycles. The number of nitrogens with zero attached hydrogens (tertiary/aromatic N) is 1. The molecule has 0 spiro atoms. The Balaban J connectivity index is 3.42. The lowest BCUT2D eigenvalue weighted by Gasteiger charge is -2.20. The van der Waals surface area contributed by atoms with Gasteiger partial charge in [0.2, 0.25) is 0 Å². The minimum Gasteiger partial charge on any atom is -0.494 e. The summed E-state index contributed by atoms with van der Waals surface area (Å²) in [5, 5.41) is 8.93. The second kappa shape index (κ2) is 4.74. The van der Waals surface area contributed by atoms with Gasteiger partial charge in [-0.1, -0.05) is 0 Å². The van der Waals surface area contributed by atoms with Crippen LogP contribution in [-0.2, 0) is 0 Å². The van der Waals surface area contributed by atoms with Gasteiger partial charge in [0.1, 0.15) is 17.2 Å². The Kier molecular flexibility index (Phi) is 3.60. The fraction of sp³-hybridized carbons (Fsp3) is 0.364. The predicted molar refractivity (Wildman–Crippen MR) is 60.8 cm³/mol. The van der Waals surface area contributed by atoms with Gasteiger partial charge < -0.3 is 19.5 Å². The van der Waals surface area contributed by atoms with Gasteiger partial charge in [0.05, 0.1) is 19.8 Å². The van der Waals surface area contributed by atoms with Gasteiger partial charge in [-0.3, -0.25) is 0 Å². The van der Waals surface area contributed by atoms with Crippen LogP contribution in [0.2, 0.25) is 0 Å². The summed E-state index contributed by atoms with van der Waals surface area (Å²) in [7, 11) is 6.66. The van der Waals surface area contributed by atoms with E-state index in [1.807, 2.05) is 19.0 Å². The van der Waals surface area contributed by atoms with Crippen LogP contribution < -0.4 is 14.4 Å². The highest BCUT2D eigenvalue weighted by Crippen LogP contribution is 2.37. The van der Waals surface area contributed by atoms with Crippen LogP contribution >= 0.6 is 0 Å². The van der Waals surface area contributed by atoms with Crippen molar-refractivity contribution in [3.8, 4) is 11.5 Å². The second-order valence-electron chi connectivity index (χ2n) is 3.43. The quantitative estimate of drug-likeness (QED) is 0.840. The number of hydrogen-bond donors (Lipinski definition) is 1. The van der Waals surface area contributed by atoms with E-state index in [9.17, 15) is 4.79 Å². The first-order chi connectivity index (χ1) is 7.51. The Bertz CT molecular complexity index is 376. The standard InChI is InChI=1S/C11H15NO4/c1-12(2)10-8(15-3)5-7(11(13)14)6-9(10)16-4/h5-6H,1-4H3,(H,13,14). The molecule has 0 amide bonds. The lowest BCUT2D eigenvalue weighted by atomic mass is 10.1. The van der Waals surface area contributed by atoms with E-state index in [0.717, 1.165) is 5.69 Å². The van der Waals surface area contributed by atoms with Gasteiger partial charge in [0.25, 0.3) is 0 Å². The van der Waals surface area contributed by atoms with Gasteiger partial charge >= 0.3 is 5.97 Å². The normalized spacial score (nSPS) is 9.75. The van der Waals surface area contributed by atoms with E-state index in [2.05, 4.69) is 0 Å². The van der Waals surface area contributed by atoms with Gasteiger partial charge in [0, 0.05) is 14.1 Å². The fourth-order valence-electron chi connectivity index (χ4n) is 1.46. The second-order valence-corrected chi connectivity index (χ2v) is 3.43. The number of carboxylic acids is 1. The summed E-state index contributed by atoms with van der Waals surface area (Å²) in [6.07, 6.45) is 0. The summed E-state index contributed by atoms with van der Waals surface area (Å²) in [4.78, 5) is 12.7. The van der Waals surface area contributed by atoms with Crippen LogP contribution in [0.25, 0.3) is 0 Å². The minimum atomic E-state index is -1.01. The van der Waals surface area contributed by atoms with Crippen LogP contribution in [-0.4, -0.2) is 39.4 Å². The lowest BCUT2D eigenvalue weighted by molar-refractivity contribution is 0.0696. The summed E-state index contributed by atoms with van der Waals surface area (Å²) in [5.41, 5.74) is 0.856. The molecule has 0 saturated heterocycles. The number of aromatic carboxylic acids is 1. The van der Waals surface area contributed by atoms with Gasteiger partial charge in [0.15, 0.2) is 0 Å². The van der Waals surface area contributed by atoms with E-state index < -0.39 is 5.97 Å². The molecule has 0 saturated carbocycles. The van der Waals surface area contributed by atoms with Crippen molar-refractivity contribution in [2.24, 2.45) is 0 Å². The monoisotopic (exact) mass is 225 g/mol. The summed E-state index contributed by atoms with van der Waals surface area (Å²) in [6, 6.07) is 2.94. The van der Waals surface area contributed by atoms with E-state index in [4.69, 9.17) is 14.6 Å². The highest BCUT2D eigenvalue weighted by Gasteiger charge is 2.16. The van der Waals surface area contributed by atoms with Gasteiger partial charge in [-0.25, -0.2) is 4.79 Å². The van der Waals surface area contributed by atoms with Gasteiger partial charge in [-0.15, -0.1) is 0 Å². The van der Waals surface area contributed by atoms with E-state index in [1.165, 1.54) is 26.4 Å². The maximum absolute atomic E-state index is 10.9. The van der Waals surface area contributed by atoms with E-state index in [-0.39, 0.29) is 5.56 Å². The summed E-state index contributed by atoms with van der Waals surface area (Å²) >= 11 is 0. The molecule has 0 radical (unpaired) electrons. The maximum atomic E-state index is 10.9. The molecule has 0 atom stereocenters. The zero-order valence-corrected chi connectivity index (χ0v) is 9.77. The van der Waals surface area contributed by atoms with Crippen molar-refractivity contribution >= 4 is 11.7 Å². The van der Waals surface area contributed by atoms with Crippen LogP contribution in [0.4, 0.5) is 5.69 Å². The zero-order chi connectivity index (χ0) is 12.3. The third-order valence-electron chi connectivity index (χ3n) is 2.17. The summed E-state index contributed by atoms with van der Waals surface area (Å²) in [5.74, 6) is -0.0644. The molecule has 0 heterocycles. The molecule has 5 heteroatoms. The Morgan fingerprint density at radius 3 is 1.88 bits per heavy atom. The third kappa shape index (κ3) is 2.18. The van der Waals surface area contributed by atoms with Crippen molar-refractivity contribution in [2.45, 2.75) is 0 Å². The number of methoxy groups -OCH3 is 2. The fourth-order valence-corrected chi connectivity index (χ4v) is 1.46. The first kappa shape index (κ1) is 12.2. The number of carbonyl (C=O) groups is 1. The maximum Gasteiger partial charge on any atom is 0.335 e. The molecular weight excluding hydrogens is 210 g/mol. The highest BCUT2D eigenvalue weighted by atomic mass is 16.5. The van der Waals surface area contributed by atoms with Crippen molar-refractivity contribution in [1.29, 1.82) is 0 Å². The molecule has 88 valence electrons. The zero-order valence-electron chi connectivity index (χ0n) is 9.77. The molecule has 1 rings (SSSR count). The van der Waals surface area contributed by atoms with E-state index in [0.29, 0.717) is 11.5 Å². The van der Waals surface area contributed by atoms with Gasteiger partial charge in [-0.05, 0) is 12.1 Å². The molecule has 0 unspecified atom stereocenters. The van der Waals surface area contributed by atoms with Crippen molar-refractivity contribution in [3.05, 3.63) is 17.7 Å². The Labute approximate surface area is 94.2 Å². The Hall–Kier alpha value is -1.91. The van der Waals surface area contributed by atoms with Gasteiger partial charge in [-0.2, -0.15) is 0 Å². The molecule has 0 aliphatic heterocycles. The Morgan fingerprint density at radius 1 is 1.19 bits per heavy atom. The van der Waals surface area contributed by atoms with Crippen molar-refractivity contribution < 1.29 is 19.4 Å². The summed E-state index contributed by atoms with van der Waals surface area (Å²) < 4.78 is 10.3. The predicted octanol–water partition coefficient (Wildman–Crippen LogP) is 1.47. The number of rotatable bonds is 4. The molecule has 16 heavy (non-hydrogen) atoms. The Morgan fingerprint density at radius 2 is 1.62 bits per heavy atom. The van der Waals surface area contributed by atoms with E-state index in [1.54, 1.807) is 0 Å². The summed E-state index contributed by atoms with van der Waals surface area (Å²) in [6.45, 7) is 0. The average molecular weight is 225 g/mol. The number of carboxylic acid groups (broad SMARTS) is 1. The molecule has 0 aliphatic carbocycles. The van der Waals surface area contributed by atoms with Crippen LogP contribution in [0.1, 0.15) is 10.4 Å². The molecule has 5 nitrogen and oxygen atoms in total. The van der Waals surface area contributed by atoms with Crippen molar-refractivity contribution in [1.82, 2.24) is 0 Å². The first-order valence-corrected chi connectivity index (χ1v) is 4.68. The van der Waals surface area contributed by atoms with Crippen LogP contribution in [0.5, 0.6) is 11.5 Å². The van der Waals surface area contributed by atoms with E-state index >= 15 is 0 Å². The molecule has 0 fully saturated rings. The highest BCUT2D eigenvalue weighted by molar-refractivity contribution is 5.90. The molecular formula is C11H15NO4. The topological polar surface area (TPSA) is 59.0 Å². The van der Waals surface area contributed by atoms with Crippen molar-refractivity contribution in [2.75, 3.05) is 33.2 Å². The lowest BCUT2D eigenvalue weighted by Crippen LogP contribution is -2.12. The number of anilines is 1. The molecule has 0 bridgehead atoms. The molecule has 1 aromatic rings. The number of ether oxygens (including phenoxy) is 2. The van der Waals surface area contributed by atoms with Crippen LogP contribution in [0.3, 0.4) is 0 Å². The third-order valence-corrected chi connectivity index (χ3v) is 2.17. The molecule has 1 aromatic carbocycles.